The van der Waals surface area contributed by atoms with E-state index in [2.05, 4.69) is 23.6 Å². The average molecular weight is 326 g/mol. The van der Waals surface area contributed by atoms with Gasteiger partial charge in [0, 0.05) is 12.6 Å². The first-order valence-corrected chi connectivity index (χ1v) is 8.67. The fraction of sp³-hybridized carbons (Fsp3) is 0.727. The van der Waals surface area contributed by atoms with Gasteiger partial charge in [0.25, 0.3) is 10.0 Å². The number of likely N-dealkylation sites (N-methyl/N-ethyl adjacent to an activating group) is 1. The van der Waals surface area contributed by atoms with Crippen LogP contribution in [0.5, 0.6) is 0 Å². The summed E-state index contributed by atoms with van der Waals surface area (Å²) >= 11 is 6.64. The molecule has 1 aromatic rings. The van der Waals surface area contributed by atoms with Crippen LogP contribution in [0.15, 0.2) is 10.4 Å². The monoisotopic (exact) mass is 325 g/mol. The van der Waals surface area contributed by atoms with Crippen molar-refractivity contribution >= 4 is 33.0 Å². The molecule has 0 spiro atoms. The van der Waals surface area contributed by atoms with E-state index in [9.17, 15) is 8.42 Å². The molecule has 1 aromatic heterocycles. The minimum atomic E-state index is -3.54. The Morgan fingerprint density at radius 3 is 2.53 bits per heavy atom. The number of nitrogens with zero attached hydrogens (tertiary/aromatic N) is 2. The number of rotatable bonds is 7. The molecule has 0 aromatic carbocycles. The van der Waals surface area contributed by atoms with E-state index in [1.165, 1.54) is 6.20 Å². The Bertz CT molecular complexity index is 490. The van der Waals surface area contributed by atoms with Crippen LogP contribution in [0.3, 0.4) is 0 Å². The van der Waals surface area contributed by atoms with Gasteiger partial charge in [0.15, 0.2) is 8.68 Å². The molecule has 0 saturated carbocycles. The highest BCUT2D eigenvalue weighted by Crippen LogP contribution is 2.23. The predicted molar refractivity (Wildman–Crippen MR) is 79.2 cm³/mol. The number of halogens is 1. The third-order valence-electron chi connectivity index (χ3n) is 2.38. The SMILES string of the molecule is CC(C)CC(CN(C)C)NS(=O)(=O)c1cnc(Cl)s1. The Balaban J connectivity index is 2.82. The van der Waals surface area contributed by atoms with Gasteiger partial charge < -0.3 is 4.90 Å². The standard InChI is InChI=1S/C11H20ClN3O2S2/c1-8(2)5-9(7-15(3)4)14-19(16,17)10-6-13-11(12)18-10/h6,8-9,14H,5,7H2,1-4H3. The van der Waals surface area contributed by atoms with E-state index in [4.69, 9.17) is 11.6 Å². The van der Waals surface area contributed by atoms with Gasteiger partial charge in [0.05, 0.1) is 6.20 Å². The summed E-state index contributed by atoms with van der Waals surface area (Å²) in [4.78, 5) is 5.73. The number of nitrogens with one attached hydrogen (secondary N) is 1. The van der Waals surface area contributed by atoms with Crippen molar-refractivity contribution in [3.8, 4) is 0 Å². The van der Waals surface area contributed by atoms with Gasteiger partial charge in [-0.15, -0.1) is 0 Å². The quantitative estimate of drug-likeness (QED) is 0.833. The fourth-order valence-electron chi connectivity index (χ4n) is 1.81. The molecule has 0 fully saturated rings. The summed E-state index contributed by atoms with van der Waals surface area (Å²) in [5.41, 5.74) is 0. The van der Waals surface area contributed by atoms with Crippen LogP contribution in [0.4, 0.5) is 0 Å². The summed E-state index contributed by atoms with van der Waals surface area (Å²) < 4.78 is 27.5. The zero-order valence-electron chi connectivity index (χ0n) is 11.6. The molecule has 0 aliphatic carbocycles. The van der Waals surface area contributed by atoms with Crippen LogP contribution in [0.1, 0.15) is 20.3 Å². The number of hydrogen-bond donors (Lipinski definition) is 1. The first-order chi connectivity index (χ1) is 8.70. The highest BCUT2D eigenvalue weighted by molar-refractivity contribution is 7.91. The normalized spacial score (nSPS) is 14.3. The third-order valence-corrected chi connectivity index (χ3v) is 5.48. The predicted octanol–water partition coefficient (Wildman–Crippen LogP) is 2.05. The molecule has 1 unspecified atom stereocenters. The van der Waals surface area contributed by atoms with Crippen LogP contribution >= 0.6 is 22.9 Å². The van der Waals surface area contributed by atoms with Gasteiger partial charge in [-0.2, -0.15) is 0 Å². The lowest BCUT2D eigenvalue weighted by Crippen LogP contribution is -2.42. The molecular weight excluding hydrogens is 306 g/mol. The Kier molecular flexibility index (Phi) is 6.19. The van der Waals surface area contributed by atoms with E-state index in [0.717, 1.165) is 17.8 Å². The van der Waals surface area contributed by atoms with Crippen molar-refractivity contribution in [2.45, 2.75) is 30.5 Å². The van der Waals surface area contributed by atoms with Gasteiger partial charge in [0.1, 0.15) is 0 Å². The molecule has 1 rings (SSSR count). The topological polar surface area (TPSA) is 62.3 Å². The van der Waals surface area contributed by atoms with Gasteiger partial charge >= 0.3 is 0 Å². The summed E-state index contributed by atoms with van der Waals surface area (Å²) in [5.74, 6) is 0.415. The summed E-state index contributed by atoms with van der Waals surface area (Å²) in [6.07, 6.45) is 2.07. The van der Waals surface area contributed by atoms with Crippen LogP contribution in [-0.4, -0.2) is 45.0 Å². The second-order valence-electron chi connectivity index (χ2n) is 5.14. The smallest absolute Gasteiger partial charge is 0.252 e. The number of sulfonamides is 1. The molecule has 0 aliphatic heterocycles. The van der Waals surface area contributed by atoms with E-state index < -0.39 is 10.0 Å². The van der Waals surface area contributed by atoms with Crippen LogP contribution < -0.4 is 4.72 Å². The maximum absolute atomic E-state index is 12.2. The molecule has 0 radical (unpaired) electrons. The van der Waals surface area contributed by atoms with Gasteiger partial charge in [0.2, 0.25) is 0 Å². The van der Waals surface area contributed by atoms with Crippen molar-refractivity contribution in [3.63, 3.8) is 0 Å². The molecule has 1 N–H and O–H groups in total. The minimum absolute atomic E-state index is 0.124. The highest BCUT2D eigenvalue weighted by atomic mass is 35.5. The van der Waals surface area contributed by atoms with Gasteiger partial charge in [-0.1, -0.05) is 36.8 Å². The van der Waals surface area contributed by atoms with Crippen molar-refractivity contribution in [2.75, 3.05) is 20.6 Å². The van der Waals surface area contributed by atoms with Crippen molar-refractivity contribution in [3.05, 3.63) is 10.7 Å². The van der Waals surface area contributed by atoms with Crippen LogP contribution in [0, 0.1) is 5.92 Å². The van der Waals surface area contributed by atoms with E-state index in [1.54, 1.807) is 0 Å². The first kappa shape index (κ1) is 16.8. The maximum Gasteiger partial charge on any atom is 0.252 e. The molecule has 0 saturated heterocycles. The number of hydrogen-bond acceptors (Lipinski definition) is 5. The van der Waals surface area contributed by atoms with Crippen molar-refractivity contribution in [1.82, 2.24) is 14.6 Å². The average Bonchev–Trinajstić information content (AvgIpc) is 2.62. The molecule has 8 heteroatoms. The molecule has 5 nitrogen and oxygen atoms in total. The van der Waals surface area contributed by atoms with Crippen LogP contribution in [0.2, 0.25) is 4.47 Å². The molecule has 19 heavy (non-hydrogen) atoms. The van der Waals surface area contributed by atoms with Crippen LogP contribution in [0.25, 0.3) is 0 Å². The van der Waals surface area contributed by atoms with Gasteiger partial charge in [-0.05, 0) is 26.4 Å². The minimum Gasteiger partial charge on any atom is -0.308 e. The van der Waals surface area contributed by atoms with E-state index in [1.807, 2.05) is 19.0 Å². The summed E-state index contributed by atoms with van der Waals surface area (Å²) in [7, 11) is 0.309. The molecule has 110 valence electrons. The molecular formula is C11H20ClN3O2S2. The van der Waals surface area contributed by atoms with Gasteiger partial charge in [-0.3, -0.25) is 0 Å². The summed E-state index contributed by atoms with van der Waals surface area (Å²) in [5, 5.41) is 0. The Morgan fingerprint density at radius 1 is 1.47 bits per heavy atom. The molecule has 1 heterocycles. The molecule has 0 aliphatic rings. The Hall–Kier alpha value is -0.210. The fourth-order valence-corrected chi connectivity index (χ4v) is 4.36. The van der Waals surface area contributed by atoms with Crippen molar-refractivity contribution in [2.24, 2.45) is 5.92 Å². The molecule has 0 bridgehead atoms. The number of aromatic nitrogens is 1. The van der Waals surface area contributed by atoms with Crippen molar-refractivity contribution < 1.29 is 8.42 Å². The third kappa shape index (κ3) is 5.74. The zero-order chi connectivity index (χ0) is 14.6. The Labute approximate surface area is 124 Å². The first-order valence-electron chi connectivity index (χ1n) is 5.99. The van der Waals surface area contributed by atoms with E-state index in [-0.39, 0.29) is 14.7 Å². The van der Waals surface area contributed by atoms with Crippen molar-refractivity contribution in [1.29, 1.82) is 0 Å². The zero-order valence-corrected chi connectivity index (χ0v) is 13.9. The largest absolute Gasteiger partial charge is 0.308 e. The lowest BCUT2D eigenvalue weighted by atomic mass is 10.0. The number of thiazole rings is 1. The lowest BCUT2D eigenvalue weighted by molar-refractivity contribution is 0.329. The second kappa shape index (κ2) is 6.99. The van der Waals surface area contributed by atoms with Gasteiger partial charge in [-0.25, -0.2) is 18.1 Å². The lowest BCUT2D eigenvalue weighted by Gasteiger charge is -2.23. The van der Waals surface area contributed by atoms with E-state index in [0.29, 0.717) is 12.5 Å². The highest BCUT2D eigenvalue weighted by Gasteiger charge is 2.23. The molecule has 1 atom stereocenters. The summed E-state index contributed by atoms with van der Waals surface area (Å²) in [6, 6.07) is -0.124. The summed E-state index contributed by atoms with van der Waals surface area (Å²) in [6.45, 7) is 4.80. The van der Waals surface area contributed by atoms with Crippen LogP contribution in [-0.2, 0) is 10.0 Å². The molecule has 0 amide bonds. The Morgan fingerprint density at radius 2 is 2.11 bits per heavy atom. The maximum atomic E-state index is 12.2. The van der Waals surface area contributed by atoms with E-state index >= 15 is 0 Å². The second-order valence-corrected chi connectivity index (χ2v) is 8.70.